The van der Waals surface area contributed by atoms with Crippen molar-refractivity contribution in [2.24, 2.45) is 0 Å². The van der Waals surface area contributed by atoms with Gasteiger partial charge in [-0.25, -0.2) is 8.42 Å². The number of hydrogen-bond donors (Lipinski definition) is 8. The van der Waals surface area contributed by atoms with Crippen LogP contribution in [0.2, 0.25) is 0 Å². The zero-order chi connectivity index (χ0) is 28.4. The normalized spacial score (nSPS) is 11.4. The van der Waals surface area contributed by atoms with E-state index in [1.165, 1.54) is 24.3 Å². The molecule has 4 aromatic carbocycles. The van der Waals surface area contributed by atoms with Crippen molar-refractivity contribution in [3.63, 3.8) is 0 Å². The molecule has 0 saturated heterocycles. The molecule has 200 valence electrons. The van der Waals surface area contributed by atoms with Gasteiger partial charge in [-0.3, -0.25) is 0 Å². The molecule has 0 bridgehead atoms. The molecular formula is C27H30N4O6S. The van der Waals surface area contributed by atoms with Crippen molar-refractivity contribution in [2.45, 2.75) is 29.1 Å². The molecule has 0 heterocycles. The third-order valence-corrected chi connectivity index (χ3v) is 7.87. The minimum absolute atomic E-state index is 0.0344. The van der Waals surface area contributed by atoms with Gasteiger partial charge in [0.25, 0.3) is 0 Å². The summed E-state index contributed by atoms with van der Waals surface area (Å²) in [6.45, 7) is 4.06. The minimum atomic E-state index is -3.80. The second-order valence-corrected chi connectivity index (χ2v) is 11.1. The van der Waals surface area contributed by atoms with Gasteiger partial charge < -0.3 is 43.4 Å². The zero-order valence-electron chi connectivity index (χ0n) is 20.8. The Bertz CT molecular complexity index is 1490. The highest BCUT2D eigenvalue weighted by Crippen LogP contribution is 2.37. The fourth-order valence-corrected chi connectivity index (χ4v) is 4.92. The Labute approximate surface area is 220 Å². The molecule has 0 radical (unpaired) electrons. The standard InChI is InChI=1S/C15H18N2O2.C12H12N2O4S/c1-15(2,9-3-5-13(18)11(16)7-9)10-4-6-14(19)12(17)8-10;13-9-5-7(1-3-11(9)15)19(17,18)8-2-4-12(16)10(14)6-8/h3-8,18-19H,16-17H2,1-2H3;1-6,15-16H,13-14H2. The third kappa shape index (κ3) is 5.62. The monoisotopic (exact) mass is 538 g/mol. The SMILES string of the molecule is CC(C)(c1ccc(O)c(N)c1)c1ccc(O)c(N)c1.Nc1cc(S(=O)(=O)c2ccc(O)c(N)c2)ccc1O. The molecule has 11 heteroatoms. The van der Waals surface area contributed by atoms with Crippen LogP contribution in [0.3, 0.4) is 0 Å². The molecule has 0 spiro atoms. The summed E-state index contributed by atoms with van der Waals surface area (Å²) in [6.07, 6.45) is 0. The lowest BCUT2D eigenvalue weighted by molar-refractivity contribution is 0.476. The van der Waals surface area contributed by atoms with Crippen LogP contribution in [0.5, 0.6) is 23.0 Å². The fraction of sp³-hybridized carbons (Fsp3) is 0.111. The third-order valence-electron chi connectivity index (χ3n) is 6.12. The van der Waals surface area contributed by atoms with Gasteiger partial charge in [0.2, 0.25) is 9.84 Å². The van der Waals surface area contributed by atoms with Crippen LogP contribution >= 0.6 is 0 Å². The van der Waals surface area contributed by atoms with E-state index in [4.69, 9.17) is 22.9 Å². The molecule has 38 heavy (non-hydrogen) atoms. The maximum Gasteiger partial charge on any atom is 0.206 e. The first-order valence-corrected chi connectivity index (χ1v) is 12.7. The van der Waals surface area contributed by atoms with Crippen molar-refractivity contribution in [2.75, 3.05) is 22.9 Å². The molecule has 0 aliphatic carbocycles. The lowest BCUT2D eigenvalue weighted by Gasteiger charge is -2.27. The van der Waals surface area contributed by atoms with Crippen molar-refractivity contribution >= 4 is 32.6 Å². The van der Waals surface area contributed by atoms with Crippen LogP contribution < -0.4 is 22.9 Å². The summed E-state index contributed by atoms with van der Waals surface area (Å²) in [5, 5.41) is 37.5. The van der Waals surface area contributed by atoms with Crippen molar-refractivity contribution in [1.29, 1.82) is 0 Å². The van der Waals surface area contributed by atoms with Gasteiger partial charge in [0.1, 0.15) is 23.0 Å². The summed E-state index contributed by atoms with van der Waals surface area (Å²) >= 11 is 0. The Morgan fingerprint density at radius 3 is 1.11 bits per heavy atom. The zero-order valence-corrected chi connectivity index (χ0v) is 21.6. The molecule has 0 saturated carbocycles. The van der Waals surface area contributed by atoms with Crippen LogP contribution in [0.4, 0.5) is 22.7 Å². The first-order chi connectivity index (χ1) is 17.6. The van der Waals surface area contributed by atoms with Crippen LogP contribution in [0.1, 0.15) is 25.0 Å². The second-order valence-electron chi connectivity index (χ2n) is 9.12. The van der Waals surface area contributed by atoms with Gasteiger partial charge in [-0.15, -0.1) is 0 Å². The van der Waals surface area contributed by atoms with Crippen LogP contribution in [0.15, 0.2) is 82.6 Å². The lowest BCUT2D eigenvalue weighted by atomic mass is 9.78. The number of phenolic OH excluding ortho intramolecular Hbond substituents is 4. The number of nitrogen functional groups attached to an aromatic ring is 4. The summed E-state index contributed by atoms with van der Waals surface area (Å²) < 4.78 is 24.6. The number of rotatable bonds is 4. The van der Waals surface area contributed by atoms with Gasteiger partial charge in [0, 0.05) is 5.41 Å². The summed E-state index contributed by atoms with van der Waals surface area (Å²) in [5.74, 6) is -0.233. The highest BCUT2D eigenvalue weighted by atomic mass is 32.2. The van der Waals surface area contributed by atoms with E-state index in [9.17, 15) is 28.8 Å². The van der Waals surface area contributed by atoms with Crippen molar-refractivity contribution in [3.8, 4) is 23.0 Å². The number of nitrogens with two attached hydrogens (primary N) is 4. The van der Waals surface area contributed by atoms with Crippen molar-refractivity contribution in [1.82, 2.24) is 0 Å². The van der Waals surface area contributed by atoms with E-state index >= 15 is 0 Å². The number of aromatic hydroxyl groups is 4. The summed E-state index contributed by atoms with van der Waals surface area (Å²) in [7, 11) is -3.80. The molecule has 12 N–H and O–H groups in total. The molecule has 0 aliphatic heterocycles. The largest absolute Gasteiger partial charge is 0.506 e. The number of phenols is 4. The molecule has 0 aliphatic rings. The Balaban J connectivity index is 0.000000211. The van der Waals surface area contributed by atoms with Gasteiger partial charge >= 0.3 is 0 Å². The molecule has 4 rings (SSSR count). The van der Waals surface area contributed by atoms with Gasteiger partial charge in [-0.05, 0) is 71.8 Å². The van der Waals surface area contributed by atoms with E-state index in [2.05, 4.69) is 0 Å². The fourth-order valence-electron chi connectivity index (χ4n) is 3.59. The predicted molar refractivity (Wildman–Crippen MR) is 148 cm³/mol. The molecule has 0 aromatic heterocycles. The van der Waals surface area contributed by atoms with E-state index in [-0.39, 0.29) is 49.6 Å². The van der Waals surface area contributed by atoms with Crippen LogP contribution in [-0.4, -0.2) is 28.8 Å². The Kier molecular flexibility index (Phi) is 7.54. The molecule has 0 atom stereocenters. The lowest BCUT2D eigenvalue weighted by Crippen LogP contribution is -2.19. The maximum atomic E-state index is 12.3. The molecule has 0 fully saturated rings. The van der Waals surface area contributed by atoms with Crippen molar-refractivity contribution in [3.05, 3.63) is 83.9 Å². The first kappa shape index (κ1) is 27.8. The highest BCUT2D eigenvalue weighted by Gasteiger charge is 2.24. The number of sulfone groups is 1. The van der Waals surface area contributed by atoms with Crippen LogP contribution in [0.25, 0.3) is 0 Å². The summed E-state index contributed by atoms with van der Waals surface area (Å²) in [4.78, 5) is -0.124. The van der Waals surface area contributed by atoms with E-state index < -0.39 is 9.84 Å². The molecule has 10 nitrogen and oxygen atoms in total. The van der Waals surface area contributed by atoms with E-state index in [0.717, 1.165) is 23.3 Å². The average Bonchev–Trinajstić information content (AvgIpc) is 2.86. The van der Waals surface area contributed by atoms with Gasteiger partial charge in [-0.1, -0.05) is 26.0 Å². The van der Waals surface area contributed by atoms with E-state index in [1.54, 1.807) is 24.3 Å². The van der Waals surface area contributed by atoms with Gasteiger partial charge in [0.15, 0.2) is 0 Å². The highest BCUT2D eigenvalue weighted by molar-refractivity contribution is 7.91. The van der Waals surface area contributed by atoms with E-state index in [1.807, 2.05) is 26.0 Å². The number of benzene rings is 4. The van der Waals surface area contributed by atoms with E-state index in [0.29, 0.717) is 11.4 Å². The van der Waals surface area contributed by atoms with Crippen LogP contribution in [0, 0.1) is 0 Å². The van der Waals surface area contributed by atoms with Crippen molar-refractivity contribution < 1.29 is 28.8 Å². The second kappa shape index (κ2) is 10.3. The average molecular weight is 539 g/mol. The summed E-state index contributed by atoms with van der Waals surface area (Å²) in [6, 6.07) is 17.5. The quantitative estimate of drug-likeness (QED) is 0.139. The first-order valence-electron chi connectivity index (χ1n) is 11.2. The molecule has 4 aromatic rings. The topological polar surface area (TPSA) is 219 Å². The maximum absolute atomic E-state index is 12.3. The summed E-state index contributed by atoms with van der Waals surface area (Å²) in [5.41, 5.74) is 24.6. The number of hydrogen-bond acceptors (Lipinski definition) is 10. The Hall–Kier alpha value is -4.77. The predicted octanol–water partition coefficient (Wildman–Crippen LogP) is 3.68. The smallest absolute Gasteiger partial charge is 0.206 e. The van der Waals surface area contributed by atoms with Gasteiger partial charge in [-0.2, -0.15) is 0 Å². The molecular weight excluding hydrogens is 508 g/mol. The Morgan fingerprint density at radius 2 is 0.816 bits per heavy atom. The molecule has 0 amide bonds. The van der Waals surface area contributed by atoms with Crippen LogP contribution in [-0.2, 0) is 15.3 Å². The van der Waals surface area contributed by atoms with Gasteiger partial charge in [0.05, 0.1) is 32.5 Å². The molecule has 0 unspecified atom stereocenters. The minimum Gasteiger partial charge on any atom is -0.506 e. The Morgan fingerprint density at radius 1 is 0.526 bits per heavy atom. The number of anilines is 4.